The topological polar surface area (TPSA) is 63.2 Å². The highest BCUT2D eigenvalue weighted by Gasteiger charge is 2.29. The van der Waals surface area contributed by atoms with Crippen molar-refractivity contribution >= 4 is 35.8 Å². The second-order valence-electron chi connectivity index (χ2n) is 8.48. The van der Waals surface area contributed by atoms with E-state index in [0.29, 0.717) is 11.8 Å². The van der Waals surface area contributed by atoms with Crippen LogP contribution < -0.4 is 10.6 Å². The van der Waals surface area contributed by atoms with Gasteiger partial charge in [-0.1, -0.05) is 19.3 Å². The smallest absolute Gasteiger partial charge is 0.225 e. The van der Waals surface area contributed by atoms with E-state index in [4.69, 9.17) is 0 Å². The Morgan fingerprint density at radius 1 is 0.828 bits per heavy atom. The molecular formula is C21H41IN6O. The molecule has 2 saturated heterocycles. The Labute approximate surface area is 194 Å². The van der Waals surface area contributed by atoms with Crippen LogP contribution >= 0.6 is 24.0 Å². The van der Waals surface area contributed by atoms with Gasteiger partial charge in [-0.15, -0.1) is 24.0 Å². The molecule has 1 saturated carbocycles. The number of carbonyl (C=O) groups excluding carboxylic acids is 1. The SMILES string of the molecule is CN=C(NCCN1CCCCC1)NCCN1CCN(C(=O)C2CCCC2)CC1.I. The first kappa shape index (κ1) is 24.7. The van der Waals surface area contributed by atoms with E-state index in [9.17, 15) is 4.79 Å². The number of halogens is 1. The van der Waals surface area contributed by atoms with E-state index in [1.807, 2.05) is 7.05 Å². The van der Waals surface area contributed by atoms with Gasteiger partial charge in [-0.3, -0.25) is 14.7 Å². The Hall–Kier alpha value is -0.610. The molecule has 0 aromatic rings. The van der Waals surface area contributed by atoms with Crippen molar-refractivity contribution in [3.05, 3.63) is 0 Å². The van der Waals surface area contributed by atoms with E-state index in [1.54, 1.807) is 0 Å². The lowest BCUT2D eigenvalue weighted by atomic mass is 10.1. The monoisotopic (exact) mass is 520 g/mol. The summed E-state index contributed by atoms with van der Waals surface area (Å²) in [6.45, 7) is 10.2. The molecule has 3 fully saturated rings. The Balaban J connectivity index is 0.00000300. The second-order valence-corrected chi connectivity index (χ2v) is 8.48. The van der Waals surface area contributed by atoms with Crippen molar-refractivity contribution in [3.63, 3.8) is 0 Å². The molecule has 1 aliphatic carbocycles. The minimum atomic E-state index is 0. The Morgan fingerprint density at radius 2 is 1.38 bits per heavy atom. The molecule has 0 radical (unpaired) electrons. The van der Waals surface area contributed by atoms with E-state index >= 15 is 0 Å². The number of nitrogens with zero attached hydrogens (tertiary/aromatic N) is 4. The van der Waals surface area contributed by atoms with Crippen LogP contribution in [0.4, 0.5) is 0 Å². The van der Waals surface area contributed by atoms with E-state index in [1.165, 1.54) is 45.2 Å². The first-order chi connectivity index (χ1) is 13.8. The van der Waals surface area contributed by atoms with Gasteiger partial charge in [0.1, 0.15) is 0 Å². The van der Waals surface area contributed by atoms with Gasteiger partial charge in [-0.05, 0) is 38.8 Å². The minimum absolute atomic E-state index is 0. The van der Waals surface area contributed by atoms with Crippen LogP contribution in [0.5, 0.6) is 0 Å². The van der Waals surface area contributed by atoms with E-state index in [-0.39, 0.29) is 24.0 Å². The molecule has 7 nitrogen and oxygen atoms in total. The van der Waals surface area contributed by atoms with Crippen molar-refractivity contribution in [1.82, 2.24) is 25.3 Å². The Morgan fingerprint density at radius 3 is 1.93 bits per heavy atom. The molecule has 0 aromatic heterocycles. The molecule has 168 valence electrons. The number of hydrogen-bond acceptors (Lipinski definition) is 4. The van der Waals surface area contributed by atoms with E-state index in [2.05, 4.69) is 30.3 Å². The molecule has 0 unspecified atom stereocenters. The number of aliphatic imine (C=N–C) groups is 1. The first-order valence-electron chi connectivity index (χ1n) is 11.4. The maximum atomic E-state index is 12.5. The molecule has 1 amide bonds. The lowest BCUT2D eigenvalue weighted by Crippen LogP contribution is -2.52. The summed E-state index contributed by atoms with van der Waals surface area (Å²) in [6.07, 6.45) is 8.74. The molecule has 0 aromatic carbocycles. The number of piperidine rings is 1. The second kappa shape index (κ2) is 13.6. The maximum Gasteiger partial charge on any atom is 0.225 e. The number of likely N-dealkylation sites (tertiary alicyclic amines) is 1. The third kappa shape index (κ3) is 8.20. The van der Waals surface area contributed by atoms with Crippen LogP contribution in [0.2, 0.25) is 0 Å². The van der Waals surface area contributed by atoms with Crippen LogP contribution in [0.15, 0.2) is 4.99 Å². The van der Waals surface area contributed by atoms with Crippen molar-refractivity contribution in [2.24, 2.45) is 10.9 Å². The maximum absolute atomic E-state index is 12.5. The molecule has 0 atom stereocenters. The number of amides is 1. The van der Waals surface area contributed by atoms with Gasteiger partial charge in [0.2, 0.25) is 5.91 Å². The predicted octanol–water partition coefficient (Wildman–Crippen LogP) is 1.59. The van der Waals surface area contributed by atoms with Crippen LogP contribution in [0.3, 0.4) is 0 Å². The van der Waals surface area contributed by atoms with Gasteiger partial charge in [-0.2, -0.15) is 0 Å². The van der Waals surface area contributed by atoms with Gasteiger partial charge in [0, 0.05) is 65.3 Å². The summed E-state index contributed by atoms with van der Waals surface area (Å²) in [5.74, 6) is 1.62. The number of rotatable bonds is 7. The molecule has 2 heterocycles. The first-order valence-corrected chi connectivity index (χ1v) is 11.4. The lowest BCUT2D eigenvalue weighted by Gasteiger charge is -2.36. The van der Waals surface area contributed by atoms with Crippen molar-refractivity contribution in [3.8, 4) is 0 Å². The molecule has 2 aliphatic heterocycles. The zero-order valence-corrected chi connectivity index (χ0v) is 20.5. The quantitative estimate of drug-likeness (QED) is 0.304. The highest BCUT2D eigenvalue weighted by Crippen LogP contribution is 2.26. The number of nitrogens with one attached hydrogen (secondary N) is 2. The molecule has 8 heteroatoms. The number of guanidine groups is 1. The van der Waals surface area contributed by atoms with Crippen molar-refractivity contribution in [2.45, 2.75) is 44.9 Å². The predicted molar refractivity (Wildman–Crippen MR) is 130 cm³/mol. The fourth-order valence-corrected chi connectivity index (χ4v) is 4.69. The molecule has 29 heavy (non-hydrogen) atoms. The fraction of sp³-hybridized carbons (Fsp3) is 0.905. The third-order valence-corrected chi connectivity index (χ3v) is 6.50. The highest BCUT2D eigenvalue weighted by molar-refractivity contribution is 14.0. The molecule has 3 rings (SSSR count). The summed E-state index contributed by atoms with van der Waals surface area (Å²) in [5, 5.41) is 6.86. The Kier molecular flexibility index (Phi) is 11.6. The molecular weight excluding hydrogens is 479 g/mol. The standard InChI is InChI=1S/C21H40N6O.HI/c1-22-21(23-9-13-25-11-5-2-6-12-25)24-10-14-26-15-17-27(18-16-26)20(28)19-7-3-4-8-19;/h19H,2-18H2,1H3,(H2,22,23,24);1H. The van der Waals surface area contributed by atoms with Crippen LogP contribution in [-0.4, -0.2) is 99.1 Å². The molecule has 2 N–H and O–H groups in total. The minimum Gasteiger partial charge on any atom is -0.355 e. The van der Waals surface area contributed by atoms with Crippen LogP contribution in [-0.2, 0) is 4.79 Å². The summed E-state index contributed by atoms with van der Waals surface area (Å²) in [7, 11) is 1.84. The zero-order chi connectivity index (χ0) is 19.6. The molecule has 0 spiro atoms. The van der Waals surface area contributed by atoms with Crippen molar-refractivity contribution in [2.75, 3.05) is 72.5 Å². The summed E-state index contributed by atoms with van der Waals surface area (Å²) < 4.78 is 0. The normalized spacial score (nSPS) is 22.4. The zero-order valence-electron chi connectivity index (χ0n) is 18.2. The van der Waals surface area contributed by atoms with Gasteiger partial charge in [-0.25, -0.2) is 0 Å². The van der Waals surface area contributed by atoms with Crippen LogP contribution in [0.1, 0.15) is 44.9 Å². The molecule has 0 bridgehead atoms. The average Bonchev–Trinajstić information content (AvgIpc) is 3.28. The van der Waals surface area contributed by atoms with Gasteiger partial charge in [0.25, 0.3) is 0 Å². The summed E-state index contributed by atoms with van der Waals surface area (Å²) >= 11 is 0. The summed E-state index contributed by atoms with van der Waals surface area (Å²) in [5.41, 5.74) is 0. The third-order valence-electron chi connectivity index (χ3n) is 6.50. The van der Waals surface area contributed by atoms with Gasteiger partial charge in [0.05, 0.1) is 0 Å². The van der Waals surface area contributed by atoms with Crippen molar-refractivity contribution < 1.29 is 4.79 Å². The number of hydrogen-bond donors (Lipinski definition) is 2. The van der Waals surface area contributed by atoms with E-state index < -0.39 is 0 Å². The summed E-state index contributed by atoms with van der Waals surface area (Å²) in [6, 6.07) is 0. The molecule has 3 aliphatic rings. The van der Waals surface area contributed by atoms with Gasteiger partial charge >= 0.3 is 0 Å². The highest BCUT2D eigenvalue weighted by atomic mass is 127. The summed E-state index contributed by atoms with van der Waals surface area (Å²) in [4.78, 5) is 24.0. The lowest BCUT2D eigenvalue weighted by molar-refractivity contribution is -0.137. The van der Waals surface area contributed by atoms with Gasteiger partial charge in [0.15, 0.2) is 5.96 Å². The fourth-order valence-electron chi connectivity index (χ4n) is 4.69. The van der Waals surface area contributed by atoms with Gasteiger partial charge < -0.3 is 20.4 Å². The number of carbonyl (C=O) groups is 1. The van der Waals surface area contributed by atoms with E-state index in [0.717, 1.165) is 71.2 Å². The largest absolute Gasteiger partial charge is 0.355 e. The van der Waals surface area contributed by atoms with Crippen LogP contribution in [0, 0.1) is 5.92 Å². The Bertz CT molecular complexity index is 497. The van der Waals surface area contributed by atoms with Crippen molar-refractivity contribution in [1.29, 1.82) is 0 Å². The van der Waals surface area contributed by atoms with Crippen LogP contribution in [0.25, 0.3) is 0 Å². The number of piperazine rings is 1. The average molecular weight is 521 g/mol.